The van der Waals surface area contributed by atoms with Gasteiger partial charge in [-0.25, -0.2) is 4.39 Å². The number of hydrogen-bond donors (Lipinski definition) is 1. The highest BCUT2D eigenvalue weighted by Gasteiger charge is 2.36. The predicted octanol–water partition coefficient (Wildman–Crippen LogP) is 3.14. The minimum absolute atomic E-state index is 0.0342. The lowest BCUT2D eigenvalue weighted by Gasteiger charge is -2.18. The number of methoxy groups -OCH3 is 2. The van der Waals surface area contributed by atoms with Gasteiger partial charge in [-0.2, -0.15) is 0 Å². The smallest absolute Gasteiger partial charge is 0.229 e. The van der Waals surface area contributed by atoms with Crippen LogP contribution in [0.1, 0.15) is 12.0 Å². The van der Waals surface area contributed by atoms with Crippen LogP contribution in [-0.2, 0) is 9.59 Å². The predicted molar refractivity (Wildman–Crippen MR) is 99.8 cm³/mol. The van der Waals surface area contributed by atoms with Crippen molar-refractivity contribution in [1.29, 1.82) is 0 Å². The molecule has 6 nitrogen and oxygen atoms in total. The fraction of sp³-hybridized carbons (Fsp3) is 0.300. The molecule has 142 valence electrons. The minimum atomic E-state index is -0.564. The molecular formula is C20H21FN2O4. The Balaban J connectivity index is 1.72. The Hall–Kier alpha value is -3.09. The van der Waals surface area contributed by atoms with Gasteiger partial charge in [-0.3, -0.25) is 9.59 Å². The lowest BCUT2D eigenvalue weighted by atomic mass is 10.1. The Morgan fingerprint density at radius 1 is 1.15 bits per heavy atom. The average Bonchev–Trinajstić information content (AvgIpc) is 3.03. The van der Waals surface area contributed by atoms with E-state index < -0.39 is 11.7 Å². The van der Waals surface area contributed by atoms with Crippen molar-refractivity contribution in [3.63, 3.8) is 0 Å². The standard InChI is InChI=1S/C20H21FN2O4/c1-12-4-6-16(15(21)8-12)23-11-13(9-19(23)24)20(25)22-14-5-7-17(26-2)18(10-14)27-3/h4-8,10,13H,9,11H2,1-3H3,(H,22,25). The molecule has 1 unspecified atom stereocenters. The van der Waals surface area contributed by atoms with E-state index in [-0.39, 0.29) is 30.5 Å². The number of benzene rings is 2. The van der Waals surface area contributed by atoms with Crippen molar-refractivity contribution in [3.05, 3.63) is 47.8 Å². The molecule has 0 bridgehead atoms. The lowest BCUT2D eigenvalue weighted by Crippen LogP contribution is -2.28. The topological polar surface area (TPSA) is 67.9 Å². The first-order valence-electron chi connectivity index (χ1n) is 8.52. The highest BCUT2D eigenvalue weighted by atomic mass is 19.1. The zero-order chi connectivity index (χ0) is 19.6. The molecule has 2 aromatic rings. The summed E-state index contributed by atoms with van der Waals surface area (Å²) in [5.41, 5.74) is 1.50. The van der Waals surface area contributed by atoms with Crippen molar-refractivity contribution in [2.24, 2.45) is 5.92 Å². The van der Waals surface area contributed by atoms with Gasteiger partial charge in [0.2, 0.25) is 11.8 Å². The van der Waals surface area contributed by atoms with E-state index in [1.807, 2.05) is 0 Å². The minimum Gasteiger partial charge on any atom is -0.493 e. The van der Waals surface area contributed by atoms with Gasteiger partial charge >= 0.3 is 0 Å². The van der Waals surface area contributed by atoms with Crippen LogP contribution in [0.25, 0.3) is 0 Å². The summed E-state index contributed by atoms with van der Waals surface area (Å²) in [4.78, 5) is 26.2. The van der Waals surface area contributed by atoms with Gasteiger partial charge in [-0.05, 0) is 36.8 Å². The van der Waals surface area contributed by atoms with Crippen LogP contribution in [0.2, 0.25) is 0 Å². The molecule has 1 N–H and O–H groups in total. The maximum Gasteiger partial charge on any atom is 0.229 e. The molecule has 1 aliphatic heterocycles. The number of ether oxygens (including phenoxy) is 2. The highest BCUT2D eigenvalue weighted by Crippen LogP contribution is 2.31. The van der Waals surface area contributed by atoms with Gasteiger partial charge in [0.15, 0.2) is 11.5 Å². The van der Waals surface area contributed by atoms with Gasteiger partial charge in [-0.15, -0.1) is 0 Å². The zero-order valence-corrected chi connectivity index (χ0v) is 15.4. The van der Waals surface area contributed by atoms with Crippen LogP contribution in [0, 0.1) is 18.7 Å². The summed E-state index contributed by atoms with van der Waals surface area (Å²) in [6, 6.07) is 9.69. The quantitative estimate of drug-likeness (QED) is 0.876. The van der Waals surface area contributed by atoms with Gasteiger partial charge in [0.05, 0.1) is 25.8 Å². The van der Waals surface area contributed by atoms with E-state index in [4.69, 9.17) is 9.47 Å². The number of rotatable bonds is 5. The molecule has 0 saturated carbocycles. The summed E-state index contributed by atoms with van der Waals surface area (Å²) in [5, 5.41) is 2.78. The van der Waals surface area contributed by atoms with E-state index >= 15 is 0 Å². The Morgan fingerprint density at radius 2 is 1.89 bits per heavy atom. The summed E-state index contributed by atoms with van der Waals surface area (Å²) in [5.74, 6) is -0.569. The lowest BCUT2D eigenvalue weighted by molar-refractivity contribution is -0.122. The van der Waals surface area contributed by atoms with E-state index in [0.717, 1.165) is 5.56 Å². The third kappa shape index (κ3) is 3.86. The van der Waals surface area contributed by atoms with Crippen LogP contribution >= 0.6 is 0 Å². The van der Waals surface area contributed by atoms with E-state index in [0.29, 0.717) is 17.2 Å². The number of amides is 2. The number of anilines is 2. The van der Waals surface area contributed by atoms with E-state index in [1.165, 1.54) is 25.2 Å². The second kappa shape index (κ2) is 7.65. The SMILES string of the molecule is COc1ccc(NC(=O)C2CC(=O)N(c3ccc(C)cc3F)C2)cc1OC. The zero-order valence-electron chi connectivity index (χ0n) is 15.4. The molecule has 0 aliphatic carbocycles. The van der Waals surface area contributed by atoms with Crippen LogP contribution in [0.15, 0.2) is 36.4 Å². The first kappa shape index (κ1) is 18.7. The van der Waals surface area contributed by atoms with Crippen LogP contribution in [-0.4, -0.2) is 32.6 Å². The Morgan fingerprint density at radius 3 is 2.56 bits per heavy atom. The molecule has 0 aromatic heterocycles. The van der Waals surface area contributed by atoms with E-state index in [2.05, 4.69) is 5.32 Å². The Bertz CT molecular complexity index is 884. The largest absolute Gasteiger partial charge is 0.493 e. The average molecular weight is 372 g/mol. The molecule has 0 radical (unpaired) electrons. The molecular weight excluding hydrogens is 351 g/mol. The number of hydrogen-bond acceptors (Lipinski definition) is 4. The van der Waals surface area contributed by atoms with Gasteiger partial charge in [-0.1, -0.05) is 6.07 Å². The monoisotopic (exact) mass is 372 g/mol. The Kier molecular flexibility index (Phi) is 5.30. The molecule has 1 fully saturated rings. The maximum absolute atomic E-state index is 14.2. The molecule has 27 heavy (non-hydrogen) atoms. The number of nitrogens with one attached hydrogen (secondary N) is 1. The van der Waals surface area contributed by atoms with Gasteiger partial charge in [0.1, 0.15) is 5.82 Å². The molecule has 7 heteroatoms. The second-order valence-electron chi connectivity index (χ2n) is 6.42. The van der Waals surface area contributed by atoms with Crippen molar-refractivity contribution in [3.8, 4) is 11.5 Å². The summed E-state index contributed by atoms with van der Waals surface area (Å²) in [6.07, 6.45) is 0.0342. The van der Waals surface area contributed by atoms with Crippen molar-refractivity contribution in [2.75, 3.05) is 31.0 Å². The number of carbonyl (C=O) groups is 2. The number of carbonyl (C=O) groups excluding carboxylic acids is 2. The number of halogens is 1. The van der Waals surface area contributed by atoms with Crippen LogP contribution in [0.5, 0.6) is 11.5 Å². The van der Waals surface area contributed by atoms with Crippen molar-refractivity contribution >= 4 is 23.2 Å². The first-order chi connectivity index (χ1) is 12.9. The summed E-state index contributed by atoms with van der Waals surface area (Å²) in [6.45, 7) is 1.91. The van der Waals surface area contributed by atoms with Crippen LogP contribution in [0.3, 0.4) is 0 Å². The maximum atomic E-state index is 14.2. The summed E-state index contributed by atoms with van der Waals surface area (Å²) < 4.78 is 24.6. The normalized spacial score (nSPS) is 16.4. The number of aryl methyl sites for hydroxylation is 1. The molecule has 2 aromatic carbocycles. The molecule has 2 amide bonds. The van der Waals surface area contributed by atoms with Gasteiger partial charge in [0.25, 0.3) is 0 Å². The second-order valence-corrected chi connectivity index (χ2v) is 6.42. The third-order valence-electron chi connectivity index (χ3n) is 4.54. The van der Waals surface area contributed by atoms with E-state index in [9.17, 15) is 14.0 Å². The van der Waals surface area contributed by atoms with Gasteiger partial charge in [0, 0.05) is 24.7 Å². The fourth-order valence-corrected chi connectivity index (χ4v) is 3.11. The molecule has 1 aliphatic rings. The summed E-state index contributed by atoms with van der Waals surface area (Å²) in [7, 11) is 3.03. The molecule has 0 spiro atoms. The van der Waals surface area contributed by atoms with Crippen molar-refractivity contribution in [1.82, 2.24) is 0 Å². The van der Waals surface area contributed by atoms with Crippen LogP contribution in [0.4, 0.5) is 15.8 Å². The molecule has 1 atom stereocenters. The first-order valence-corrected chi connectivity index (χ1v) is 8.52. The third-order valence-corrected chi connectivity index (χ3v) is 4.54. The molecule has 1 saturated heterocycles. The summed E-state index contributed by atoms with van der Waals surface area (Å²) >= 11 is 0. The molecule has 3 rings (SSSR count). The van der Waals surface area contributed by atoms with Gasteiger partial charge < -0.3 is 19.7 Å². The fourth-order valence-electron chi connectivity index (χ4n) is 3.11. The van der Waals surface area contributed by atoms with Crippen molar-refractivity contribution < 1.29 is 23.5 Å². The Labute approximate surface area is 156 Å². The van der Waals surface area contributed by atoms with Crippen molar-refractivity contribution in [2.45, 2.75) is 13.3 Å². The molecule has 1 heterocycles. The number of nitrogens with zero attached hydrogens (tertiary/aromatic N) is 1. The highest BCUT2D eigenvalue weighted by molar-refractivity contribution is 6.03. The van der Waals surface area contributed by atoms with E-state index in [1.54, 1.807) is 37.3 Å². The van der Waals surface area contributed by atoms with Crippen LogP contribution < -0.4 is 19.7 Å².